The molecule has 0 bridgehead atoms. The van der Waals surface area contributed by atoms with Crippen molar-refractivity contribution >= 4 is 11.8 Å². The zero-order chi connectivity index (χ0) is 8.39. The normalized spacial score (nSPS) is 33.2. The summed E-state index contributed by atoms with van der Waals surface area (Å²) in [6, 6.07) is 0.845. The van der Waals surface area contributed by atoms with Crippen molar-refractivity contribution in [3.63, 3.8) is 0 Å². The number of rotatable bonds is 3. The monoisotopic (exact) mass is 185 g/mol. The van der Waals surface area contributed by atoms with E-state index in [0.29, 0.717) is 0 Å². The Labute approximate surface area is 79.7 Å². The Morgan fingerprint density at radius 2 is 2.08 bits per heavy atom. The van der Waals surface area contributed by atoms with Gasteiger partial charge in [-0.1, -0.05) is 0 Å². The summed E-state index contributed by atoms with van der Waals surface area (Å²) >= 11 is 2.15. The van der Waals surface area contributed by atoms with Gasteiger partial charge in [-0.25, -0.2) is 0 Å². The Morgan fingerprint density at radius 1 is 1.25 bits per heavy atom. The Bertz CT molecular complexity index is 139. The largest absolute Gasteiger partial charge is 0.316 e. The highest BCUT2D eigenvalue weighted by Gasteiger charge is 2.35. The van der Waals surface area contributed by atoms with Crippen LogP contribution >= 0.6 is 11.8 Å². The molecule has 1 nitrogen and oxygen atoms in total. The summed E-state index contributed by atoms with van der Waals surface area (Å²) < 4.78 is 0. The van der Waals surface area contributed by atoms with Gasteiger partial charge in [0.05, 0.1) is 0 Å². The third kappa shape index (κ3) is 1.97. The van der Waals surface area contributed by atoms with Gasteiger partial charge >= 0.3 is 0 Å². The van der Waals surface area contributed by atoms with E-state index in [1.807, 2.05) is 0 Å². The van der Waals surface area contributed by atoms with Crippen molar-refractivity contribution in [1.82, 2.24) is 5.32 Å². The lowest BCUT2D eigenvalue weighted by atomic mass is 9.93. The molecule has 2 unspecified atom stereocenters. The molecule has 0 aromatic carbocycles. The molecule has 1 N–H and O–H groups in total. The van der Waals surface area contributed by atoms with Crippen molar-refractivity contribution in [2.75, 3.05) is 18.6 Å². The van der Waals surface area contributed by atoms with Gasteiger partial charge in [0.15, 0.2) is 0 Å². The Balaban J connectivity index is 1.85. The molecule has 12 heavy (non-hydrogen) atoms. The first-order valence-electron chi connectivity index (χ1n) is 5.17. The van der Waals surface area contributed by atoms with Crippen molar-refractivity contribution in [3.05, 3.63) is 0 Å². The van der Waals surface area contributed by atoms with Crippen LogP contribution in [0.2, 0.25) is 0 Å². The summed E-state index contributed by atoms with van der Waals surface area (Å²) in [4.78, 5) is 0. The van der Waals surface area contributed by atoms with E-state index >= 15 is 0 Å². The van der Waals surface area contributed by atoms with Gasteiger partial charge in [0.1, 0.15) is 0 Å². The zero-order valence-corrected chi connectivity index (χ0v) is 8.70. The highest BCUT2D eigenvalue weighted by molar-refractivity contribution is 7.99. The van der Waals surface area contributed by atoms with Gasteiger partial charge < -0.3 is 5.32 Å². The molecule has 0 aromatic heterocycles. The average Bonchev–Trinajstić information content (AvgIpc) is 2.92. The van der Waals surface area contributed by atoms with Crippen LogP contribution in [0.25, 0.3) is 0 Å². The van der Waals surface area contributed by atoms with Crippen LogP contribution in [0, 0.1) is 11.8 Å². The molecule has 0 amide bonds. The molecule has 2 atom stereocenters. The summed E-state index contributed by atoms with van der Waals surface area (Å²) in [6.45, 7) is 0. The highest BCUT2D eigenvalue weighted by atomic mass is 32.2. The van der Waals surface area contributed by atoms with E-state index in [0.717, 1.165) is 17.9 Å². The molecular formula is C10H19NS. The van der Waals surface area contributed by atoms with E-state index in [9.17, 15) is 0 Å². The number of nitrogens with one attached hydrogen (secondary N) is 1. The van der Waals surface area contributed by atoms with Gasteiger partial charge in [0, 0.05) is 6.04 Å². The van der Waals surface area contributed by atoms with Gasteiger partial charge in [0.25, 0.3) is 0 Å². The maximum absolute atomic E-state index is 3.52. The van der Waals surface area contributed by atoms with Gasteiger partial charge in [-0.3, -0.25) is 0 Å². The fourth-order valence-electron chi connectivity index (χ4n) is 2.36. The Hall–Kier alpha value is 0.310. The van der Waals surface area contributed by atoms with Crippen molar-refractivity contribution in [3.8, 4) is 0 Å². The molecule has 0 spiro atoms. The summed E-state index contributed by atoms with van der Waals surface area (Å²) in [5.74, 6) is 4.81. The van der Waals surface area contributed by atoms with Crippen molar-refractivity contribution in [1.29, 1.82) is 0 Å². The van der Waals surface area contributed by atoms with E-state index in [4.69, 9.17) is 0 Å². The molecule has 1 heterocycles. The summed E-state index contributed by atoms with van der Waals surface area (Å²) in [6.07, 6.45) is 5.87. The Kier molecular flexibility index (Phi) is 2.97. The van der Waals surface area contributed by atoms with Crippen molar-refractivity contribution in [2.24, 2.45) is 11.8 Å². The first-order valence-corrected chi connectivity index (χ1v) is 6.32. The molecule has 0 radical (unpaired) electrons. The molecular weight excluding hydrogens is 166 g/mol. The lowest BCUT2D eigenvalue weighted by Gasteiger charge is -2.29. The van der Waals surface area contributed by atoms with E-state index in [1.54, 1.807) is 0 Å². The molecule has 2 fully saturated rings. The van der Waals surface area contributed by atoms with Crippen LogP contribution in [-0.4, -0.2) is 24.6 Å². The van der Waals surface area contributed by atoms with E-state index in [-0.39, 0.29) is 0 Å². The van der Waals surface area contributed by atoms with E-state index < -0.39 is 0 Å². The number of thioether (sulfide) groups is 1. The SMILES string of the molecule is CNC(C1CC1)C1CCCSC1. The maximum Gasteiger partial charge on any atom is 0.0128 e. The minimum atomic E-state index is 0.845. The third-order valence-corrected chi connectivity index (χ3v) is 4.41. The molecule has 2 rings (SSSR count). The van der Waals surface area contributed by atoms with Gasteiger partial charge in [-0.2, -0.15) is 11.8 Å². The number of hydrogen-bond donors (Lipinski definition) is 1. The van der Waals surface area contributed by atoms with E-state index in [1.165, 1.54) is 37.2 Å². The molecule has 1 aliphatic heterocycles. The fraction of sp³-hybridized carbons (Fsp3) is 1.00. The minimum absolute atomic E-state index is 0.845. The van der Waals surface area contributed by atoms with Crippen LogP contribution in [0.15, 0.2) is 0 Å². The average molecular weight is 185 g/mol. The summed E-state index contributed by atoms with van der Waals surface area (Å²) in [5.41, 5.74) is 0. The van der Waals surface area contributed by atoms with Crippen LogP contribution in [0.3, 0.4) is 0 Å². The lowest BCUT2D eigenvalue weighted by molar-refractivity contribution is 0.341. The standard InChI is InChI=1S/C10H19NS/c1-11-10(8-4-5-8)9-3-2-6-12-7-9/h8-11H,2-7H2,1H3. The maximum atomic E-state index is 3.52. The van der Waals surface area contributed by atoms with Crippen LogP contribution in [0.1, 0.15) is 25.7 Å². The van der Waals surface area contributed by atoms with Crippen LogP contribution in [-0.2, 0) is 0 Å². The first kappa shape index (κ1) is 8.89. The second kappa shape index (κ2) is 4.01. The third-order valence-electron chi connectivity index (χ3n) is 3.17. The van der Waals surface area contributed by atoms with Crippen LogP contribution < -0.4 is 5.32 Å². The van der Waals surface area contributed by atoms with Crippen molar-refractivity contribution in [2.45, 2.75) is 31.7 Å². The molecule has 1 saturated carbocycles. The quantitative estimate of drug-likeness (QED) is 0.723. The molecule has 2 heteroatoms. The smallest absolute Gasteiger partial charge is 0.0128 e. The van der Waals surface area contributed by atoms with Gasteiger partial charge in [0.2, 0.25) is 0 Å². The van der Waals surface area contributed by atoms with Crippen LogP contribution in [0.4, 0.5) is 0 Å². The van der Waals surface area contributed by atoms with Crippen LogP contribution in [0.5, 0.6) is 0 Å². The van der Waals surface area contributed by atoms with E-state index in [2.05, 4.69) is 24.1 Å². The molecule has 2 aliphatic rings. The topological polar surface area (TPSA) is 12.0 Å². The second-order valence-corrected chi connectivity index (χ2v) is 5.28. The molecule has 1 saturated heterocycles. The Morgan fingerprint density at radius 3 is 2.58 bits per heavy atom. The van der Waals surface area contributed by atoms with Gasteiger partial charge in [-0.15, -0.1) is 0 Å². The first-order chi connectivity index (χ1) is 5.92. The predicted octanol–water partition coefficient (Wildman–Crippen LogP) is 2.13. The predicted molar refractivity (Wildman–Crippen MR) is 55.6 cm³/mol. The second-order valence-electron chi connectivity index (χ2n) is 4.13. The zero-order valence-electron chi connectivity index (χ0n) is 7.88. The van der Waals surface area contributed by atoms with Gasteiger partial charge in [-0.05, 0) is 56.1 Å². The van der Waals surface area contributed by atoms with Crippen molar-refractivity contribution < 1.29 is 0 Å². The fourth-order valence-corrected chi connectivity index (χ4v) is 3.57. The number of hydrogen-bond acceptors (Lipinski definition) is 2. The molecule has 1 aliphatic carbocycles. The summed E-state index contributed by atoms with van der Waals surface area (Å²) in [5, 5.41) is 3.52. The molecule has 0 aromatic rings. The summed E-state index contributed by atoms with van der Waals surface area (Å²) in [7, 11) is 2.14. The minimum Gasteiger partial charge on any atom is -0.316 e. The lowest BCUT2D eigenvalue weighted by Crippen LogP contribution is -2.38. The highest BCUT2D eigenvalue weighted by Crippen LogP contribution is 2.39. The molecule has 70 valence electrons.